The molecule has 3 rings (SSSR count). The Hall–Kier alpha value is -1.51. The van der Waals surface area contributed by atoms with E-state index in [1.165, 1.54) is 37.5 Å². The van der Waals surface area contributed by atoms with Gasteiger partial charge in [-0.3, -0.25) is 0 Å². The molecule has 2 aliphatic carbocycles. The summed E-state index contributed by atoms with van der Waals surface area (Å²) in [5, 5.41) is 0. The number of benzene rings is 1. The van der Waals surface area contributed by atoms with Crippen LogP contribution in [0.3, 0.4) is 0 Å². The molecule has 0 N–H and O–H groups in total. The maximum Gasteiger partial charge on any atom is 0.341 e. The second-order valence-corrected chi connectivity index (χ2v) is 8.02. The molecule has 2 atom stereocenters. The molecular formula is C20H28O3. The first kappa shape index (κ1) is 16.4. The predicted octanol–water partition coefficient (Wildman–Crippen LogP) is 4.51. The average Bonchev–Trinajstić information content (AvgIpc) is 2.52. The normalized spacial score (nSPS) is 28.5. The van der Waals surface area contributed by atoms with E-state index in [1.54, 1.807) is 7.11 Å². The van der Waals surface area contributed by atoms with Gasteiger partial charge in [0.2, 0.25) is 0 Å². The van der Waals surface area contributed by atoms with E-state index in [9.17, 15) is 4.79 Å². The number of esters is 1. The number of hydrogen-bond acceptors (Lipinski definition) is 3. The number of methoxy groups -OCH3 is 2. The van der Waals surface area contributed by atoms with Crippen molar-refractivity contribution < 1.29 is 14.3 Å². The van der Waals surface area contributed by atoms with Crippen molar-refractivity contribution in [3.63, 3.8) is 0 Å². The Labute approximate surface area is 139 Å². The van der Waals surface area contributed by atoms with Crippen LogP contribution in [0.1, 0.15) is 67.9 Å². The molecule has 0 aromatic heterocycles. The Kier molecular flexibility index (Phi) is 3.94. The van der Waals surface area contributed by atoms with Gasteiger partial charge in [0.25, 0.3) is 0 Å². The molecule has 0 aliphatic heterocycles. The van der Waals surface area contributed by atoms with Crippen LogP contribution in [0, 0.1) is 11.3 Å². The molecule has 0 unspecified atom stereocenters. The summed E-state index contributed by atoms with van der Waals surface area (Å²) in [5.74, 6) is 1.04. The lowest BCUT2D eigenvalue weighted by molar-refractivity contribution is 0.0388. The first-order valence-electron chi connectivity index (χ1n) is 8.64. The molecule has 2 aliphatic rings. The molecule has 0 amide bonds. The average molecular weight is 316 g/mol. The van der Waals surface area contributed by atoms with Crippen LogP contribution in [0.25, 0.3) is 0 Å². The monoisotopic (exact) mass is 316 g/mol. The molecule has 0 bridgehead atoms. The Morgan fingerprint density at radius 3 is 2.57 bits per heavy atom. The minimum atomic E-state index is -0.314. The zero-order chi connectivity index (χ0) is 16.8. The molecule has 0 saturated heterocycles. The highest BCUT2D eigenvalue weighted by Gasteiger charge is 2.51. The molecule has 1 aromatic rings. The van der Waals surface area contributed by atoms with Gasteiger partial charge in [0.05, 0.1) is 14.2 Å². The van der Waals surface area contributed by atoms with E-state index in [0.29, 0.717) is 16.9 Å². The number of aryl methyl sites for hydroxylation is 1. The summed E-state index contributed by atoms with van der Waals surface area (Å²) in [7, 11) is 3.10. The topological polar surface area (TPSA) is 35.5 Å². The molecule has 0 radical (unpaired) electrons. The van der Waals surface area contributed by atoms with Crippen molar-refractivity contribution in [3.8, 4) is 5.75 Å². The third-order valence-corrected chi connectivity index (χ3v) is 6.36. The summed E-state index contributed by atoms with van der Waals surface area (Å²) in [6.45, 7) is 7.17. The van der Waals surface area contributed by atoms with Gasteiger partial charge in [-0.1, -0.05) is 33.3 Å². The van der Waals surface area contributed by atoms with E-state index < -0.39 is 0 Å². The van der Waals surface area contributed by atoms with Crippen LogP contribution < -0.4 is 4.74 Å². The van der Waals surface area contributed by atoms with Gasteiger partial charge in [-0.05, 0) is 54.1 Å². The highest BCUT2D eigenvalue weighted by Crippen LogP contribution is 2.59. The molecule has 126 valence electrons. The molecule has 0 spiro atoms. The van der Waals surface area contributed by atoms with E-state index in [1.807, 2.05) is 6.07 Å². The lowest BCUT2D eigenvalue weighted by Crippen LogP contribution is -2.48. The molecule has 3 heteroatoms. The number of hydrogen-bond donors (Lipinski definition) is 0. The fourth-order valence-electron chi connectivity index (χ4n) is 5.37. The second kappa shape index (κ2) is 5.54. The van der Waals surface area contributed by atoms with Gasteiger partial charge in [-0.25, -0.2) is 4.79 Å². The molecule has 1 aromatic carbocycles. The van der Waals surface area contributed by atoms with Crippen LogP contribution >= 0.6 is 0 Å². The number of carbonyl (C=O) groups excluding carboxylic acids is 1. The standard InChI is InChI=1S/C20H28O3/c1-19(2)11-6-12-20(3)15(19)10-8-13-7-9-14(18(21)23-5)17(22-4)16(13)20/h7,9,15H,6,8,10-12H2,1-5H3/t15-,20-/m0/s1. The highest BCUT2D eigenvalue weighted by atomic mass is 16.5. The van der Waals surface area contributed by atoms with E-state index >= 15 is 0 Å². The van der Waals surface area contributed by atoms with Gasteiger partial charge < -0.3 is 9.47 Å². The van der Waals surface area contributed by atoms with E-state index in [2.05, 4.69) is 26.8 Å². The summed E-state index contributed by atoms with van der Waals surface area (Å²) < 4.78 is 10.7. The lowest BCUT2D eigenvalue weighted by Gasteiger charge is -2.54. The van der Waals surface area contributed by atoms with Crippen molar-refractivity contribution in [1.29, 1.82) is 0 Å². The Bertz CT molecular complexity index is 632. The van der Waals surface area contributed by atoms with Gasteiger partial charge >= 0.3 is 5.97 Å². The lowest BCUT2D eigenvalue weighted by atomic mass is 9.50. The zero-order valence-corrected chi connectivity index (χ0v) is 15.0. The third kappa shape index (κ3) is 2.36. The maximum absolute atomic E-state index is 12.2. The van der Waals surface area contributed by atoms with Crippen LogP contribution in [0.15, 0.2) is 12.1 Å². The summed E-state index contributed by atoms with van der Waals surface area (Å²) in [6, 6.07) is 3.97. The summed E-state index contributed by atoms with van der Waals surface area (Å²) in [5.41, 5.74) is 3.55. The fourth-order valence-corrected chi connectivity index (χ4v) is 5.37. The number of carbonyl (C=O) groups is 1. The highest BCUT2D eigenvalue weighted by molar-refractivity contribution is 5.93. The van der Waals surface area contributed by atoms with E-state index in [0.717, 1.165) is 18.6 Å². The molecular weight excluding hydrogens is 288 g/mol. The summed E-state index contributed by atoms with van der Waals surface area (Å²) >= 11 is 0. The van der Waals surface area contributed by atoms with Crippen LogP contribution in [0.2, 0.25) is 0 Å². The van der Waals surface area contributed by atoms with E-state index in [4.69, 9.17) is 9.47 Å². The first-order chi connectivity index (χ1) is 10.8. The van der Waals surface area contributed by atoms with Gasteiger partial charge in [0.15, 0.2) is 0 Å². The largest absolute Gasteiger partial charge is 0.496 e. The van der Waals surface area contributed by atoms with Gasteiger partial charge in [-0.15, -0.1) is 0 Å². The minimum Gasteiger partial charge on any atom is -0.496 e. The molecule has 1 saturated carbocycles. The van der Waals surface area contributed by atoms with Gasteiger partial charge in [0.1, 0.15) is 11.3 Å². The summed E-state index contributed by atoms with van der Waals surface area (Å²) in [4.78, 5) is 12.2. The number of ether oxygens (including phenoxy) is 2. The maximum atomic E-state index is 12.2. The molecule has 1 fully saturated rings. The quantitative estimate of drug-likeness (QED) is 0.753. The summed E-state index contributed by atoms with van der Waals surface area (Å²) in [6.07, 6.45) is 5.95. The first-order valence-corrected chi connectivity index (χ1v) is 8.64. The van der Waals surface area contributed by atoms with Crippen molar-refractivity contribution in [2.45, 2.75) is 58.3 Å². The predicted molar refractivity (Wildman–Crippen MR) is 91.1 cm³/mol. The minimum absolute atomic E-state index is 0.0741. The zero-order valence-electron chi connectivity index (χ0n) is 15.0. The second-order valence-electron chi connectivity index (χ2n) is 8.02. The molecule has 23 heavy (non-hydrogen) atoms. The molecule has 0 heterocycles. The SMILES string of the molecule is COC(=O)c1ccc2c(c1OC)[C@@]1(C)CCCC(C)(C)[C@@H]1CC2. The van der Waals surface area contributed by atoms with Crippen molar-refractivity contribution >= 4 is 5.97 Å². The van der Waals surface area contributed by atoms with E-state index in [-0.39, 0.29) is 11.4 Å². The Morgan fingerprint density at radius 2 is 1.91 bits per heavy atom. The van der Waals surface area contributed by atoms with Crippen LogP contribution in [-0.4, -0.2) is 20.2 Å². The smallest absolute Gasteiger partial charge is 0.341 e. The molecule has 3 nitrogen and oxygen atoms in total. The van der Waals surface area contributed by atoms with Crippen LogP contribution in [0.5, 0.6) is 5.75 Å². The van der Waals surface area contributed by atoms with Crippen molar-refractivity contribution in [2.75, 3.05) is 14.2 Å². The third-order valence-electron chi connectivity index (χ3n) is 6.36. The van der Waals surface area contributed by atoms with Gasteiger partial charge in [-0.2, -0.15) is 0 Å². The van der Waals surface area contributed by atoms with Gasteiger partial charge in [0, 0.05) is 5.56 Å². The fraction of sp³-hybridized carbons (Fsp3) is 0.650. The van der Waals surface area contributed by atoms with Crippen LogP contribution in [0.4, 0.5) is 0 Å². The Balaban J connectivity index is 2.21. The van der Waals surface area contributed by atoms with Crippen molar-refractivity contribution in [2.24, 2.45) is 11.3 Å². The number of fused-ring (bicyclic) bond motifs is 3. The van der Waals surface area contributed by atoms with Crippen molar-refractivity contribution in [3.05, 3.63) is 28.8 Å². The Morgan fingerprint density at radius 1 is 1.17 bits per heavy atom. The van der Waals surface area contributed by atoms with Crippen molar-refractivity contribution in [1.82, 2.24) is 0 Å². The number of rotatable bonds is 2. The van der Waals surface area contributed by atoms with Crippen LogP contribution in [-0.2, 0) is 16.6 Å².